The van der Waals surface area contributed by atoms with Gasteiger partial charge in [0.1, 0.15) is 0 Å². The number of hydrogen-bond acceptors (Lipinski definition) is 3. The van der Waals surface area contributed by atoms with E-state index in [0.29, 0.717) is 0 Å². The molecule has 5 nitrogen and oxygen atoms in total. The Bertz CT molecular complexity index is 288. The molecule has 0 amide bonds. The number of rotatable bonds is 10. The van der Waals surface area contributed by atoms with Gasteiger partial charge in [0, 0.05) is 32.7 Å². The summed E-state index contributed by atoms with van der Waals surface area (Å²) < 4.78 is 5.37. The van der Waals surface area contributed by atoms with E-state index in [1.807, 2.05) is 0 Å². The lowest BCUT2D eigenvalue weighted by atomic mass is 10.1. The zero-order valence-electron chi connectivity index (χ0n) is 14.9. The van der Waals surface area contributed by atoms with E-state index in [4.69, 9.17) is 4.74 Å². The van der Waals surface area contributed by atoms with Crippen molar-refractivity contribution in [3.05, 3.63) is 0 Å². The first-order chi connectivity index (χ1) is 10.7. The predicted octanol–water partition coefficient (Wildman–Crippen LogP) is 2.09. The molecule has 0 aromatic carbocycles. The zero-order chi connectivity index (χ0) is 16.0. The van der Waals surface area contributed by atoms with Crippen molar-refractivity contribution >= 4 is 5.96 Å². The van der Waals surface area contributed by atoms with Gasteiger partial charge in [-0.3, -0.25) is 9.89 Å². The molecule has 0 aromatic rings. The van der Waals surface area contributed by atoms with Gasteiger partial charge in [-0.25, -0.2) is 0 Å². The lowest BCUT2D eigenvalue weighted by molar-refractivity contribution is 0.0372. The van der Waals surface area contributed by atoms with Gasteiger partial charge in [0.2, 0.25) is 0 Å². The van der Waals surface area contributed by atoms with Gasteiger partial charge in [-0.05, 0) is 45.1 Å². The Morgan fingerprint density at radius 2 is 1.91 bits per heavy atom. The van der Waals surface area contributed by atoms with Crippen molar-refractivity contribution in [2.45, 2.75) is 46.5 Å². The molecule has 2 N–H and O–H groups in total. The van der Waals surface area contributed by atoms with Gasteiger partial charge in [-0.1, -0.05) is 13.8 Å². The number of nitrogens with zero attached hydrogens (tertiary/aromatic N) is 2. The summed E-state index contributed by atoms with van der Waals surface area (Å²) in [5, 5.41) is 6.77. The maximum absolute atomic E-state index is 5.37. The summed E-state index contributed by atoms with van der Waals surface area (Å²) in [6, 6.07) is 0. The molecule has 1 rings (SSSR count). The highest BCUT2D eigenvalue weighted by Gasteiger charge is 2.08. The third kappa shape index (κ3) is 10.0. The normalized spacial score (nSPS) is 17.0. The minimum atomic E-state index is 0.769. The molecule has 0 aromatic heterocycles. The van der Waals surface area contributed by atoms with Crippen molar-refractivity contribution in [1.82, 2.24) is 15.5 Å². The van der Waals surface area contributed by atoms with Crippen LogP contribution >= 0.6 is 0 Å². The monoisotopic (exact) mass is 312 g/mol. The molecule has 5 heteroatoms. The van der Waals surface area contributed by atoms with Crippen LogP contribution in [0.4, 0.5) is 0 Å². The topological polar surface area (TPSA) is 48.9 Å². The van der Waals surface area contributed by atoms with Crippen LogP contribution in [0.2, 0.25) is 0 Å². The summed E-state index contributed by atoms with van der Waals surface area (Å²) in [7, 11) is 0. The first-order valence-electron chi connectivity index (χ1n) is 9.04. The lowest BCUT2D eigenvalue weighted by Crippen LogP contribution is -2.39. The van der Waals surface area contributed by atoms with Crippen molar-refractivity contribution in [3.8, 4) is 0 Å². The molecule has 0 aliphatic carbocycles. The van der Waals surface area contributed by atoms with Crippen molar-refractivity contribution in [2.24, 2.45) is 10.9 Å². The van der Waals surface area contributed by atoms with E-state index < -0.39 is 0 Å². The number of morpholine rings is 1. The summed E-state index contributed by atoms with van der Waals surface area (Å²) in [4.78, 5) is 7.14. The van der Waals surface area contributed by atoms with Crippen molar-refractivity contribution in [3.63, 3.8) is 0 Å². The lowest BCUT2D eigenvalue weighted by Gasteiger charge is -2.26. The minimum absolute atomic E-state index is 0.769. The molecule has 0 radical (unpaired) electrons. The highest BCUT2D eigenvalue weighted by atomic mass is 16.5. The van der Waals surface area contributed by atoms with E-state index in [-0.39, 0.29) is 0 Å². The van der Waals surface area contributed by atoms with Crippen LogP contribution in [0.5, 0.6) is 0 Å². The second kappa shape index (κ2) is 12.7. The number of aliphatic imine (C=N–C) groups is 1. The highest BCUT2D eigenvalue weighted by Crippen LogP contribution is 2.03. The van der Waals surface area contributed by atoms with Gasteiger partial charge in [0.15, 0.2) is 5.96 Å². The van der Waals surface area contributed by atoms with E-state index >= 15 is 0 Å². The number of hydrogen-bond donors (Lipinski definition) is 2. The van der Waals surface area contributed by atoms with E-state index in [9.17, 15) is 0 Å². The van der Waals surface area contributed by atoms with Gasteiger partial charge >= 0.3 is 0 Å². The van der Waals surface area contributed by atoms with Gasteiger partial charge in [-0.15, -0.1) is 0 Å². The van der Waals surface area contributed by atoms with Crippen LogP contribution in [-0.2, 0) is 4.74 Å². The molecule has 0 spiro atoms. The van der Waals surface area contributed by atoms with Gasteiger partial charge in [0.05, 0.1) is 13.2 Å². The van der Waals surface area contributed by atoms with Gasteiger partial charge in [-0.2, -0.15) is 0 Å². The Labute approximate surface area is 136 Å². The van der Waals surface area contributed by atoms with Crippen LogP contribution in [-0.4, -0.2) is 63.3 Å². The van der Waals surface area contributed by atoms with Crippen molar-refractivity contribution < 1.29 is 4.74 Å². The third-order valence-corrected chi connectivity index (χ3v) is 3.85. The first-order valence-corrected chi connectivity index (χ1v) is 9.04. The molecule has 1 aliphatic heterocycles. The summed E-state index contributed by atoms with van der Waals surface area (Å²) in [6.45, 7) is 14.6. The Morgan fingerprint density at radius 3 is 2.59 bits per heavy atom. The Balaban J connectivity index is 2.08. The van der Waals surface area contributed by atoms with E-state index in [2.05, 4.69) is 41.3 Å². The smallest absolute Gasteiger partial charge is 0.191 e. The van der Waals surface area contributed by atoms with Crippen LogP contribution in [0.1, 0.15) is 46.5 Å². The number of ether oxygens (including phenoxy) is 1. The highest BCUT2D eigenvalue weighted by molar-refractivity contribution is 5.79. The average molecular weight is 313 g/mol. The van der Waals surface area contributed by atoms with Gasteiger partial charge in [0.25, 0.3) is 0 Å². The van der Waals surface area contributed by atoms with Gasteiger partial charge < -0.3 is 15.4 Å². The van der Waals surface area contributed by atoms with Crippen molar-refractivity contribution in [2.75, 3.05) is 52.5 Å². The van der Waals surface area contributed by atoms with E-state index in [1.54, 1.807) is 0 Å². The van der Waals surface area contributed by atoms with Crippen LogP contribution in [0.25, 0.3) is 0 Å². The number of unbranched alkanes of at least 4 members (excludes halogenated alkanes) is 1. The Morgan fingerprint density at radius 1 is 1.14 bits per heavy atom. The molecule has 0 bridgehead atoms. The Kier molecular flexibility index (Phi) is 11.1. The van der Waals surface area contributed by atoms with Crippen LogP contribution < -0.4 is 10.6 Å². The SMILES string of the molecule is CCNC(=NCCCC(C)C)NCCCCN1CCOCC1. The molecular formula is C17H36N4O. The van der Waals surface area contributed by atoms with Crippen LogP contribution in [0.15, 0.2) is 4.99 Å². The summed E-state index contributed by atoms with van der Waals surface area (Å²) in [5.74, 6) is 1.74. The maximum atomic E-state index is 5.37. The second-order valence-corrected chi connectivity index (χ2v) is 6.38. The fourth-order valence-corrected chi connectivity index (χ4v) is 2.52. The molecular weight excluding hydrogens is 276 g/mol. The molecule has 0 saturated carbocycles. The molecule has 1 fully saturated rings. The molecule has 130 valence electrons. The summed E-state index contributed by atoms with van der Waals surface area (Å²) in [5.41, 5.74) is 0. The van der Waals surface area contributed by atoms with Crippen LogP contribution in [0.3, 0.4) is 0 Å². The average Bonchev–Trinajstić information content (AvgIpc) is 2.52. The second-order valence-electron chi connectivity index (χ2n) is 6.38. The standard InChI is InChI=1S/C17H36N4O/c1-4-18-17(20-10-7-8-16(2)3)19-9-5-6-11-21-12-14-22-15-13-21/h16H,4-15H2,1-3H3,(H2,18,19,20). The Hall–Kier alpha value is -0.810. The molecule has 1 heterocycles. The minimum Gasteiger partial charge on any atom is -0.379 e. The largest absolute Gasteiger partial charge is 0.379 e. The molecule has 1 saturated heterocycles. The zero-order valence-corrected chi connectivity index (χ0v) is 14.9. The van der Waals surface area contributed by atoms with Crippen LogP contribution in [0, 0.1) is 5.92 Å². The maximum Gasteiger partial charge on any atom is 0.191 e. The first kappa shape index (κ1) is 19.2. The molecule has 0 unspecified atom stereocenters. The molecule has 22 heavy (non-hydrogen) atoms. The van der Waals surface area contributed by atoms with E-state index in [0.717, 1.165) is 57.8 Å². The fourth-order valence-electron chi connectivity index (χ4n) is 2.52. The third-order valence-electron chi connectivity index (χ3n) is 3.85. The molecule has 1 aliphatic rings. The fraction of sp³-hybridized carbons (Fsp3) is 0.941. The summed E-state index contributed by atoms with van der Waals surface area (Å²) >= 11 is 0. The molecule has 0 atom stereocenters. The predicted molar refractivity (Wildman–Crippen MR) is 94.5 cm³/mol. The number of guanidine groups is 1. The summed E-state index contributed by atoms with van der Waals surface area (Å²) in [6.07, 6.45) is 4.85. The number of nitrogens with one attached hydrogen (secondary N) is 2. The van der Waals surface area contributed by atoms with E-state index in [1.165, 1.54) is 32.2 Å². The quantitative estimate of drug-likeness (QED) is 0.368. The van der Waals surface area contributed by atoms with Crippen molar-refractivity contribution in [1.29, 1.82) is 0 Å².